The van der Waals surface area contributed by atoms with E-state index in [9.17, 15) is 4.79 Å². The Labute approximate surface area is 230 Å². The second-order valence-corrected chi connectivity index (χ2v) is 8.32. The topological polar surface area (TPSA) is 170 Å². The van der Waals surface area contributed by atoms with Crippen molar-refractivity contribution in [2.45, 2.75) is 0 Å². The highest BCUT2D eigenvalue weighted by atomic mass is 16.5. The van der Waals surface area contributed by atoms with Gasteiger partial charge in [0.2, 0.25) is 5.78 Å². The monoisotopic (exact) mass is 547 g/mol. The fourth-order valence-electron chi connectivity index (χ4n) is 3.77. The Morgan fingerprint density at radius 1 is 0.825 bits per heavy atom. The molecule has 0 aromatic heterocycles. The SMILES string of the molecule is COc1cc(N/N=C2/C=Cc3cc(N)ccc3C2=O)c(OC)cc1/N=N/c1ccc(OCCO)cc1OCCO. The Bertz CT molecular complexity index is 1470. The third-order valence-corrected chi connectivity index (χ3v) is 5.68. The second-order valence-electron chi connectivity index (χ2n) is 8.32. The lowest BCUT2D eigenvalue weighted by molar-refractivity contribution is 0.106. The van der Waals surface area contributed by atoms with Crippen molar-refractivity contribution < 1.29 is 34.0 Å². The van der Waals surface area contributed by atoms with Crippen molar-refractivity contribution in [1.82, 2.24) is 0 Å². The standard InChI is InChI=1S/C28H29N5O7/c1-37-25-16-24(33-31-22-7-3-17-13-18(29)4-6-20(17)28(22)36)26(38-2)15-23(25)32-30-21-8-5-19(39-11-9-34)14-27(21)40-12-10-35/h3-8,13-16,33-35H,9-12,29H2,1-2H3/b31-22-,32-30+. The molecule has 0 saturated heterocycles. The number of fused-ring (bicyclic) bond motifs is 1. The van der Waals surface area contributed by atoms with Gasteiger partial charge in [-0.2, -0.15) is 5.10 Å². The number of nitrogens with two attached hydrogens (primary N) is 1. The van der Waals surface area contributed by atoms with Crippen LogP contribution < -0.4 is 30.1 Å². The molecule has 40 heavy (non-hydrogen) atoms. The van der Waals surface area contributed by atoms with E-state index >= 15 is 0 Å². The molecule has 12 heteroatoms. The van der Waals surface area contributed by atoms with Crippen molar-refractivity contribution in [3.8, 4) is 23.0 Å². The van der Waals surface area contributed by atoms with Crippen LogP contribution in [0.2, 0.25) is 0 Å². The summed E-state index contributed by atoms with van der Waals surface area (Å²) in [5.74, 6) is 1.30. The number of ketones is 1. The number of anilines is 2. The van der Waals surface area contributed by atoms with E-state index < -0.39 is 0 Å². The molecular weight excluding hydrogens is 518 g/mol. The minimum atomic E-state index is -0.242. The van der Waals surface area contributed by atoms with Crippen molar-refractivity contribution in [3.05, 3.63) is 65.7 Å². The summed E-state index contributed by atoms with van der Waals surface area (Å²) in [5.41, 5.74) is 11.9. The largest absolute Gasteiger partial charge is 0.494 e. The minimum Gasteiger partial charge on any atom is -0.494 e. The number of carbonyl (C=O) groups is 1. The van der Waals surface area contributed by atoms with Crippen molar-refractivity contribution in [3.63, 3.8) is 0 Å². The molecule has 0 fully saturated rings. The van der Waals surface area contributed by atoms with Crippen LogP contribution in [-0.4, -0.2) is 62.4 Å². The van der Waals surface area contributed by atoms with Crippen molar-refractivity contribution >= 4 is 40.3 Å². The summed E-state index contributed by atoms with van der Waals surface area (Å²) in [4.78, 5) is 12.9. The number of nitrogen functional groups attached to an aromatic ring is 1. The van der Waals surface area contributed by atoms with Gasteiger partial charge in [-0.3, -0.25) is 10.2 Å². The van der Waals surface area contributed by atoms with Crippen LogP contribution in [0.3, 0.4) is 0 Å². The average Bonchev–Trinajstić information content (AvgIpc) is 2.97. The van der Waals surface area contributed by atoms with Gasteiger partial charge in [0.15, 0.2) is 5.75 Å². The first-order valence-corrected chi connectivity index (χ1v) is 12.2. The number of hydrogen-bond donors (Lipinski definition) is 4. The number of nitrogens with one attached hydrogen (secondary N) is 1. The minimum absolute atomic E-state index is 0.0450. The summed E-state index contributed by atoms with van der Waals surface area (Å²) in [6, 6.07) is 13.2. The van der Waals surface area contributed by atoms with E-state index in [0.29, 0.717) is 51.3 Å². The lowest BCUT2D eigenvalue weighted by Crippen LogP contribution is -2.18. The molecule has 0 heterocycles. The van der Waals surface area contributed by atoms with Gasteiger partial charge < -0.3 is 34.9 Å². The number of aliphatic hydroxyl groups is 2. The maximum atomic E-state index is 12.9. The van der Waals surface area contributed by atoms with Gasteiger partial charge >= 0.3 is 0 Å². The van der Waals surface area contributed by atoms with Crippen molar-refractivity contribution in [1.29, 1.82) is 0 Å². The molecule has 0 atom stereocenters. The van der Waals surface area contributed by atoms with Crippen LogP contribution in [0.4, 0.5) is 22.7 Å². The Hall–Kier alpha value is -4.94. The Morgan fingerprint density at radius 3 is 2.33 bits per heavy atom. The number of azo groups is 1. The molecule has 0 amide bonds. The molecule has 5 N–H and O–H groups in total. The van der Waals surface area contributed by atoms with E-state index in [1.54, 1.807) is 60.7 Å². The first-order valence-electron chi connectivity index (χ1n) is 12.2. The number of hydrazone groups is 1. The molecule has 1 aliphatic rings. The van der Waals surface area contributed by atoms with Crippen LogP contribution in [0.5, 0.6) is 23.0 Å². The predicted octanol–water partition coefficient (Wildman–Crippen LogP) is 4.12. The lowest BCUT2D eigenvalue weighted by Gasteiger charge is -2.14. The van der Waals surface area contributed by atoms with Crippen LogP contribution in [0.1, 0.15) is 15.9 Å². The number of carbonyl (C=O) groups excluding carboxylic acids is 1. The summed E-state index contributed by atoms with van der Waals surface area (Å²) in [7, 11) is 2.97. The van der Waals surface area contributed by atoms with Gasteiger partial charge in [0.25, 0.3) is 0 Å². The van der Waals surface area contributed by atoms with Crippen LogP contribution >= 0.6 is 0 Å². The van der Waals surface area contributed by atoms with Gasteiger partial charge in [-0.15, -0.1) is 10.2 Å². The highest BCUT2D eigenvalue weighted by Gasteiger charge is 2.20. The number of ether oxygens (including phenoxy) is 4. The number of allylic oxidation sites excluding steroid dienone is 1. The van der Waals surface area contributed by atoms with E-state index in [4.69, 9.17) is 34.9 Å². The number of benzene rings is 3. The summed E-state index contributed by atoms with van der Waals surface area (Å²) in [6.45, 7) is -0.159. The number of methoxy groups -OCH3 is 2. The first-order chi connectivity index (χ1) is 19.5. The molecule has 3 aromatic rings. The van der Waals surface area contributed by atoms with Crippen LogP contribution in [0.15, 0.2) is 69.9 Å². The summed E-state index contributed by atoms with van der Waals surface area (Å²) < 4.78 is 22.0. The van der Waals surface area contributed by atoms with Gasteiger partial charge in [-0.05, 0) is 42.0 Å². The molecule has 0 saturated carbocycles. The molecule has 208 valence electrons. The summed E-state index contributed by atoms with van der Waals surface area (Å²) in [6.07, 6.45) is 3.39. The first kappa shape index (κ1) is 28.1. The van der Waals surface area contributed by atoms with E-state index in [0.717, 1.165) is 5.56 Å². The lowest BCUT2D eigenvalue weighted by atomic mass is 9.94. The fraction of sp³-hybridized carbons (Fsp3) is 0.214. The fourth-order valence-corrected chi connectivity index (χ4v) is 3.77. The smallest absolute Gasteiger partial charge is 0.213 e. The summed E-state index contributed by atoms with van der Waals surface area (Å²) >= 11 is 0. The number of rotatable bonds is 12. The highest BCUT2D eigenvalue weighted by molar-refractivity contribution is 6.52. The zero-order valence-corrected chi connectivity index (χ0v) is 22.0. The van der Waals surface area contributed by atoms with Gasteiger partial charge in [0.05, 0.1) is 27.4 Å². The van der Waals surface area contributed by atoms with E-state index in [1.807, 2.05) is 0 Å². The van der Waals surface area contributed by atoms with Gasteiger partial charge in [0, 0.05) is 29.4 Å². The Morgan fingerprint density at radius 2 is 1.57 bits per heavy atom. The number of Topliss-reactive ketones (excluding diaryl/α,β-unsaturated/α-hetero) is 1. The molecule has 3 aromatic carbocycles. The Kier molecular flexibility index (Phi) is 9.28. The maximum absolute atomic E-state index is 12.9. The molecule has 4 rings (SSSR count). The molecule has 0 spiro atoms. The van der Waals surface area contributed by atoms with Gasteiger partial charge in [-0.25, -0.2) is 0 Å². The van der Waals surface area contributed by atoms with E-state index in [2.05, 4.69) is 20.8 Å². The molecule has 1 aliphatic carbocycles. The van der Waals surface area contributed by atoms with Crippen LogP contribution in [0.25, 0.3) is 6.08 Å². The van der Waals surface area contributed by atoms with Crippen LogP contribution in [-0.2, 0) is 0 Å². The van der Waals surface area contributed by atoms with E-state index in [-0.39, 0.29) is 37.9 Å². The quantitative estimate of drug-likeness (QED) is 0.148. The number of hydrogen-bond acceptors (Lipinski definition) is 12. The Balaban J connectivity index is 1.59. The number of nitrogens with zero attached hydrogens (tertiary/aromatic N) is 3. The third kappa shape index (κ3) is 6.54. The van der Waals surface area contributed by atoms with E-state index in [1.165, 1.54) is 14.2 Å². The van der Waals surface area contributed by atoms with Crippen molar-refractivity contribution in [2.75, 3.05) is 51.8 Å². The molecule has 0 unspecified atom stereocenters. The van der Waals surface area contributed by atoms with Gasteiger partial charge in [0.1, 0.15) is 53.2 Å². The van der Waals surface area contributed by atoms with Gasteiger partial charge in [-0.1, -0.05) is 6.08 Å². The average molecular weight is 548 g/mol. The predicted molar refractivity (Wildman–Crippen MR) is 151 cm³/mol. The molecule has 12 nitrogen and oxygen atoms in total. The number of aliphatic hydroxyl groups excluding tert-OH is 2. The molecule has 0 aliphatic heterocycles. The normalized spacial score (nSPS) is 13.4. The molecule has 0 radical (unpaired) electrons. The second kappa shape index (κ2) is 13.2. The van der Waals surface area contributed by atoms with Crippen LogP contribution in [0, 0.1) is 0 Å². The molecule has 0 bridgehead atoms. The zero-order chi connectivity index (χ0) is 28.5. The van der Waals surface area contributed by atoms with Crippen molar-refractivity contribution in [2.24, 2.45) is 15.3 Å². The zero-order valence-electron chi connectivity index (χ0n) is 22.0. The third-order valence-electron chi connectivity index (χ3n) is 5.68. The highest BCUT2D eigenvalue weighted by Crippen LogP contribution is 2.40. The molecular formula is C28H29N5O7. The summed E-state index contributed by atoms with van der Waals surface area (Å²) in [5, 5.41) is 31.0. The maximum Gasteiger partial charge on any atom is 0.213 e.